The first-order valence-corrected chi connectivity index (χ1v) is 10.2. The van der Waals surface area contributed by atoms with Crippen LogP contribution in [0.4, 0.5) is 13.2 Å². The van der Waals surface area contributed by atoms with Gasteiger partial charge in [-0.2, -0.15) is 0 Å². The summed E-state index contributed by atoms with van der Waals surface area (Å²) in [6, 6.07) is 6.41. The van der Waals surface area contributed by atoms with E-state index in [1.807, 2.05) is 0 Å². The molecule has 1 aliphatic carbocycles. The van der Waals surface area contributed by atoms with Crippen LogP contribution in [0.2, 0.25) is 0 Å². The Hall–Kier alpha value is -2.85. The van der Waals surface area contributed by atoms with Crippen molar-refractivity contribution in [3.8, 4) is 22.8 Å². The van der Waals surface area contributed by atoms with Crippen molar-refractivity contribution >= 4 is 5.91 Å². The molecule has 10 heteroatoms. The molecule has 32 heavy (non-hydrogen) atoms. The Morgan fingerprint density at radius 2 is 1.91 bits per heavy atom. The van der Waals surface area contributed by atoms with Crippen LogP contribution in [0.5, 0.6) is 11.6 Å². The highest BCUT2D eigenvalue weighted by atomic mass is 19.4. The Balaban J connectivity index is 1.85. The van der Waals surface area contributed by atoms with Crippen molar-refractivity contribution in [1.82, 2.24) is 10.3 Å². The van der Waals surface area contributed by atoms with Crippen LogP contribution >= 0.6 is 0 Å². The molecule has 1 aliphatic rings. The van der Waals surface area contributed by atoms with E-state index in [0.29, 0.717) is 30.6 Å². The molecule has 0 radical (unpaired) electrons. The molecule has 0 bridgehead atoms. The lowest BCUT2D eigenvalue weighted by atomic mass is 9.92. The first-order chi connectivity index (χ1) is 15.3. The van der Waals surface area contributed by atoms with Crippen LogP contribution in [0.15, 0.2) is 36.5 Å². The fourth-order valence-corrected chi connectivity index (χ4v) is 3.49. The molecule has 1 heterocycles. The third-order valence-electron chi connectivity index (χ3n) is 5.08. The molecule has 2 atom stereocenters. The molecule has 0 spiro atoms. The van der Waals surface area contributed by atoms with E-state index < -0.39 is 18.4 Å². The molecule has 3 rings (SSSR count). The number of halogens is 3. The first-order valence-electron chi connectivity index (χ1n) is 10.2. The smallest absolute Gasteiger partial charge is 0.475 e. The molecule has 2 aromatic rings. The number of pyridine rings is 1. The van der Waals surface area contributed by atoms with Crippen molar-refractivity contribution in [1.29, 1.82) is 0 Å². The first kappa shape index (κ1) is 23.8. The maximum atomic E-state index is 12.8. The van der Waals surface area contributed by atoms with Gasteiger partial charge >= 0.3 is 6.36 Å². The number of amides is 1. The van der Waals surface area contributed by atoms with Crippen molar-refractivity contribution in [3.05, 3.63) is 42.1 Å². The van der Waals surface area contributed by atoms with Crippen molar-refractivity contribution in [2.75, 3.05) is 20.3 Å². The second-order valence-corrected chi connectivity index (χ2v) is 7.42. The van der Waals surface area contributed by atoms with Crippen LogP contribution in [-0.2, 0) is 4.74 Å². The maximum Gasteiger partial charge on any atom is 0.573 e. The van der Waals surface area contributed by atoms with E-state index in [2.05, 4.69) is 15.0 Å². The minimum atomic E-state index is -4.79. The molecule has 7 nitrogen and oxygen atoms in total. The lowest BCUT2D eigenvalue weighted by Gasteiger charge is -2.28. The summed E-state index contributed by atoms with van der Waals surface area (Å²) in [4.78, 5) is 17.0. The van der Waals surface area contributed by atoms with Crippen LogP contribution < -0.4 is 14.8 Å². The van der Waals surface area contributed by atoms with Gasteiger partial charge in [0.15, 0.2) is 0 Å². The third-order valence-corrected chi connectivity index (χ3v) is 5.08. The number of nitrogens with one attached hydrogen (secondary N) is 1. The van der Waals surface area contributed by atoms with Crippen LogP contribution in [0.3, 0.4) is 0 Å². The highest BCUT2D eigenvalue weighted by Crippen LogP contribution is 2.32. The molecule has 2 N–H and O–H groups in total. The number of carbonyl (C=O) groups excluding carboxylic acids is 1. The Morgan fingerprint density at radius 3 is 2.56 bits per heavy atom. The summed E-state index contributed by atoms with van der Waals surface area (Å²) >= 11 is 0. The number of benzene rings is 1. The molecule has 1 aromatic carbocycles. The van der Waals surface area contributed by atoms with E-state index in [1.54, 1.807) is 6.07 Å². The average molecular weight is 454 g/mol. The number of rotatable bonds is 8. The predicted molar refractivity (Wildman–Crippen MR) is 109 cm³/mol. The number of ether oxygens (including phenoxy) is 3. The zero-order valence-corrected chi connectivity index (χ0v) is 17.5. The lowest BCUT2D eigenvalue weighted by molar-refractivity contribution is -0.274. The van der Waals surface area contributed by atoms with Crippen LogP contribution in [0, 0.1) is 0 Å². The summed E-state index contributed by atoms with van der Waals surface area (Å²) in [5, 5.41) is 12.9. The second kappa shape index (κ2) is 10.6. The number of nitrogens with zero attached hydrogens (tertiary/aromatic N) is 1. The fourth-order valence-electron chi connectivity index (χ4n) is 3.49. The Kier molecular flexibility index (Phi) is 7.92. The topological polar surface area (TPSA) is 89.9 Å². The minimum Gasteiger partial charge on any atom is -0.475 e. The molecule has 0 saturated heterocycles. The summed E-state index contributed by atoms with van der Waals surface area (Å²) in [7, 11) is 1.52. The highest BCUT2D eigenvalue weighted by molar-refractivity contribution is 5.95. The van der Waals surface area contributed by atoms with Gasteiger partial charge in [0, 0.05) is 18.9 Å². The predicted octanol–water partition coefficient (Wildman–Crippen LogP) is 3.71. The Labute approximate surface area is 183 Å². The monoisotopic (exact) mass is 454 g/mol. The number of carbonyl (C=O) groups is 1. The molecule has 1 amide bonds. The molecular formula is C22H25F3N2O5. The van der Waals surface area contributed by atoms with Gasteiger partial charge in [0.1, 0.15) is 12.4 Å². The zero-order chi connectivity index (χ0) is 23.1. The number of hydrogen-bond donors (Lipinski definition) is 2. The quantitative estimate of drug-likeness (QED) is 0.592. The summed E-state index contributed by atoms with van der Waals surface area (Å²) in [6.07, 6.45) is -0.876. The summed E-state index contributed by atoms with van der Waals surface area (Å²) < 4.78 is 51.8. The molecule has 1 saturated carbocycles. The highest BCUT2D eigenvalue weighted by Gasteiger charge is 2.31. The molecule has 0 aliphatic heterocycles. The molecule has 174 valence electrons. The molecular weight excluding hydrogens is 429 g/mol. The van der Waals surface area contributed by atoms with Crippen LogP contribution in [-0.4, -0.2) is 54.8 Å². The van der Waals surface area contributed by atoms with Gasteiger partial charge in [-0.05, 0) is 36.6 Å². The van der Waals surface area contributed by atoms with E-state index in [0.717, 1.165) is 12.8 Å². The second-order valence-electron chi connectivity index (χ2n) is 7.42. The van der Waals surface area contributed by atoms with E-state index in [9.17, 15) is 23.1 Å². The summed E-state index contributed by atoms with van der Waals surface area (Å²) in [5.41, 5.74) is 1.16. The number of aliphatic hydroxyl groups is 1. The van der Waals surface area contributed by atoms with Gasteiger partial charge in [-0.25, -0.2) is 4.98 Å². The summed E-state index contributed by atoms with van der Waals surface area (Å²) in [6.45, 7) is 0.507. The zero-order valence-electron chi connectivity index (χ0n) is 17.5. The Bertz CT molecular complexity index is 905. The van der Waals surface area contributed by atoms with Gasteiger partial charge in [0.2, 0.25) is 5.88 Å². The van der Waals surface area contributed by atoms with Crippen LogP contribution in [0.1, 0.15) is 36.0 Å². The number of methoxy groups -OCH3 is 1. The number of hydrogen-bond acceptors (Lipinski definition) is 6. The molecule has 1 fully saturated rings. The lowest BCUT2D eigenvalue weighted by Crippen LogP contribution is -2.45. The van der Waals surface area contributed by atoms with Gasteiger partial charge < -0.3 is 24.6 Å². The van der Waals surface area contributed by atoms with E-state index in [-0.39, 0.29) is 29.8 Å². The number of aromatic nitrogens is 1. The molecule has 1 aromatic heterocycles. The van der Waals surface area contributed by atoms with Gasteiger partial charge in [0.25, 0.3) is 5.91 Å². The van der Waals surface area contributed by atoms with E-state index in [4.69, 9.17) is 9.47 Å². The number of aliphatic hydroxyl groups excluding tert-OH is 1. The van der Waals surface area contributed by atoms with Crippen molar-refractivity contribution in [2.24, 2.45) is 0 Å². The van der Waals surface area contributed by atoms with Crippen molar-refractivity contribution in [2.45, 2.75) is 44.2 Å². The van der Waals surface area contributed by atoms with Crippen LogP contribution in [0.25, 0.3) is 11.1 Å². The largest absolute Gasteiger partial charge is 0.573 e. The maximum absolute atomic E-state index is 12.8. The molecule has 0 unspecified atom stereocenters. The normalized spacial score (nSPS) is 18.8. The van der Waals surface area contributed by atoms with E-state index in [1.165, 1.54) is 37.6 Å². The SMILES string of the molecule is COCCOc1ncc(C(=O)N[C@@H]2CCCC[C@H]2O)cc1-c1ccc(OC(F)(F)F)cc1. The van der Waals surface area contributed by atoms with Gasteiger partial charge in [-0.15, -0.1) is 13.2 Å². The third kappa shape index (κ3) is 6.57. The standard InChI is InChI=1S/C22H25F3N2O5/c1-30-10-11-31-21-17(14-6-8-16(9-7-14)32-22(23,24)25)12-15(13-26-21)20(29)27-18-4-2-3-5-19(18)28/h6-9,12-13,18-19,28H,2-5,10-11H2,1H3,(H,27,29)/t18-,19-/m1/s1. The number of alkyl halides is 3. The minimum absolute atomic E-state index is 0.200. The van der Waals surface area contributed by atoms with Gasteiger partial charge in [-0.1, -0.05) is 25.0 Å². The summed E-state index contributed by atoms with van der Waals surface area (Å²) in [5.74, 6) is -0.554. The van der Waals surface area contributed by atoms with Crippen molar-refractivity contribution < 1.29 is 37.3 Å². The fraction of sp³-hybridized carbons (Fsp3) is 0.455. The van der Waals surface area contributed by atoms with Crippen molar-refractivity contribution in [3.63, 3.8) is 0 Å². The van der Waals surface area contributed by atoms with Gasteiger partial charge in [-0.3, -0.25) is 4.79 Å². The Morgan fingerprint density at radius 1 is 1.19 bits per heavy atom. The average Bonchev–Trinajstić information content (AvgIpc) is 2.75. The van der Waals surface area contributed by atoms with E-state index >= 15 is 0 Å². The van der Waals surface area contributed by atoms with Gasteiger partial charge in [0.05, 0.1) is 24.3 Å².